The van der Waals surface area contributed by atoms with Gasteiger partial charge < -0.3 is 15.8 Å². The summed E-state index contributed by atoms with van der Waals surface area (Å²) in [5, 5.41) is 3.01. The Hall–Kier alpha value is -1.55. The average molecular weight is 290 g/mol. The number of ether oxygens (including phenoxy) is 1. The number of hydrogen-bond donors (Lipinski definition) is 2. The second kappa shape index (κ2) is 6.48. The first-order chi connectivity index (χ1) is 9.93. The third-order valence-electron chi connectivity index (χ3n) is 4.31. The topological polar surface area (TPSA) is 64.3 Å². The van der Waals surface area contributed by atoms with Crippen molar-refractivity contribution in [2.24, 2.45) is 11.7 Å². The number of benzene rings is 1. The van der Waals surface area contributed by atoms with Crippen LogP contribution in [0.1, 0.15) is 62.4 Å². The predicted octanol–water partition coefficient (Wildman–Crippen LogP) is 3.00. The molecule has 1 heterocycles. The van der Waals surface area contributed by atoms with Gasteiger partial charge >= 0.3 is 0 Å². The number of aryl methyl sites for hydroxylation is 1. The van der Waals surface area contributed by atoms with Crippen molar-refractivity contribution in [1.82, 2.24) is 5.32 Å². The van der Waals surface area contributed by atoms with Gasteiger partial charge in [0.2, 0.25) is 5.91 Å². The molecule has 3 N–H and O–H groups in total. The molecule has 3 atom stereocenters. The van der Waals surface area contributed by atoms with E-state index in [9.17, 15) is 4.79 Å². The van der Waals surface area contributed by atoms with Gasteiger partial charge in [-0.05, 0) is 12.8 Å². The Morgan fingerprint density at radius 3 is 2.86 bits per heavy atom. The first kappa shape index (κ1) is 15.8. The lowest BCUT2D eigenvalue weighted by Crippen LogP contribution is -2.31. The zero-order valence-corrected chi connectivity index (χ0v) is 13.4. The molecule has 0 bridgehead atoms. The highest BCUT2D eigenvalue weighted by Gasteiger charge is 2.28. The summed E-state index contributed by atoms with van der Waals surface area (Å²) in [5.74, 6) is 1.25. The largest absolute Gasteiger partial charge is 0.493 e. The molecule has 1 aromatic rings. The number of hydrogen-bond acceptors (Lipinski definition) is 3. The maximum atomic E-state index is 11.4. The molecule has 0 radical (unpaired) electrons. The number of amides is 1. The number of carbonyl (C=O) groups is 1. The summed E-state index contributed by atoms with van der Waals surface area (Å²) in [6, 6.07) is 4.20. The van der Waals surface area contributed by atoms with Gasteiger partial charge in [0.15, 0.2) is 0 Å². The second-order valence-electron chi connectivity index (χ2n) is 6.07. The van der Waals surface area contributed by atoms with Gasteiger partial charge in [0, 0.05) is 30.5 Å². The Morgan fingerprint density at radius 1 is 1.52 bits per heavy atom. The zero-order chi connectivity index (χ0) is 15.6. The van der Waals surface area contributed by atoms with E-state index in [1.165, 1.54) is 0 Å². The molecular formula is C17H26N2O2. The van der Waals surface area contributed by atoms with Gasteiger partial charge in [0.25, 0.3) is 0 Å². The minimum atomic E-state index is -0.0419. The van der Waals surface area contributed by atoms with Crippen LogP contribution in [0.4, 0.5) is 0 Å². The summed E-state index contributed by atoms with van der Waals surface area (Å²) < 4.78 is 5.91. The molecule has 0 aromatic heterocycles. The van der Waals surface area contributed by atoms with Gasteiger partial charge in [-0.2, -0.15) is 0 Å². The summed E-state index contributed by atoms with van der Waals surface area (Å²) in [7, 11) is 0. The SMILES string of the molecule is CCC(C)C(N)c1cc(C)cc2c1OCCC2NC(C)=O. The summed E-state index contributed by atoms with van der Waals surface area (Å²) >= 11 is 0. The van der Waals surface area contributed by atoms with E-state index >= 15 is 0 Å². The van der Waals surface area contributed by atoms with Crippen molar-refractivity contribution in [2.45, 2.75) is 52.6 Å². The third kappa shape index (κ3) is 3.38. The van der Waals surface area contributed by atoms with Gasteiger partial charge in [-0.25, -0.2) is 0 Å². The van der Waals surface area contributed by atoms with Crippen molar-refractivity contribution in [3.05, 3.63) is 28.8 Å². The molecule has 116 valence electrons. The maximum absolute atomic E-state index is 11.4. The van der Waals surface area contributed by atoms with E-state index in [-0.39, 0.29) is 18.0 Å². The van der Waals surface area contributed by atoms with Crippen LogP contribution in [0.25, 0.3) is 0 Å². The van der Waals surface area contributed by atoms with Crippen LogP contribution in [0.5, 0.6) is 5.75 Å². The van der Waals surface area contributed by atoms with E-state index in [4.69, 9.17) is 10.5 Å². The Balaban J connectivity index is 2.45. The van der Waals surface area contributed by atoms with Crippen LogP contribution in [0.15, 0.2) is 12.1 Å². The zero-order valence-electron chi connectivity index (χ0n) is 13.4. The van der Waals surface area contributed by atoms with Crippen LogP contribution in [0, 0.1) is 12.8 Å². The number of nitrogens with two attached hydrogens (primary N) is 1. The lowest BCUT2D eigenvalue weighted by Gasteiger charge is -2.31. The molecule has 4 nitrogen and oxygen atoms in total. The number of carbonyl (C=O) groups excluding carboxylic acids is 1. The normalized spacial score (nSPS) is 20.1. The Bertz CT molecular complexity index is 528. The van der Waals surface area contributed by atoms with Gasteiger partial charge in [0.05, 0.1) is 12.6 Å². The third-order valence-corrected chi connectivity index (χ3v) is 4.31. The molecular weight excluding hydrogens is 264 g/mol. The first-order valence-electron chi connectivity index (χ1n) is 7.74. The highest BCUT2D eigenvalue weighted by molar-refractivity contribution is 5.73. The molecule has 21 heavy (non-hydrogen) atoms. The molecule has 1 aliphatic rings. The van der Waals surface area contributed by atoms with Crippen molar-refractivity contribution in [2.75, 3.05) is 6.61 Å². The van der Waals surface area contributed by atoms with E-state index in [0.29, 0.717) is 12.5 Å². The van der Waals surface area contributed by atoms with Gasteiger partial charge in [-0.1, -0.05) is 38.0 Å². The molecule has 0 aliphatic carbocycles. The van der Waals surface area contributed by atoms with E-state index < -0.39 is 0 Å². The molecule has 1 amide bonds. The van der Waals surface area contributed by atoms with Gasteiger partial charge in [-0.15, -0.1) is 0 Å². The van der Waals surface area contributed by atoms with Crippen molar-refractivity contribution in [3.63, 3.8) is 0 Å². The van der Waals surface area contributed by atoms with E-state index in [0.717, 1.165) is 35.3 Å². The quantitative estimate of drug-likeness (QED) is 0.896. The summed E-state index contributed by atoms with van der Waals surface area (Å²) in [4.78, 5) is 11.4. The van der Waals surface area contributed by atoms with Crippen molar-refractivity contribution in [3.8, 4) is 5.75 Å². The van der Waals surface area contributed by atoms with E-state index in [1.54, 1.807) is 6.92 Å². The molecule has 1 aromatic carbocycles. The molecule has 0 fully saturated rings. The lowest BCUT2D eigenvalue weighted by molar-refractivity contribution is -0.119. The van der Waals surface area contributed by atoms with Crippen LogP contribution >= 0.6 is 0 Å². The molecule has 1 aliphatic heterocycles. The molecule has 0 saturated carbocycles. The summed E-state index contributed by atoms with van der Waals surface area (Å²) in [6.45, 7) is 8.53. The Kier molecular flexibility index (Phi) is 4.88. The Labute approximate surface area is 127 Å². The fraction of sp³-hybridized carbons (Fsp3) is 0.588. The van der Waals surface area contributed by atoms with Crippen LogP contribution in [-0.4, -0.2) is 12.5 Å². The lowest BCUT2D eigenvalue weighted by atomic mass is 9.87. The monoisotopic (exact) mass is 290 g/mol. The highest BCUT2D eigenvalue weighted by atomic mass is 16.5. The van der Waals surface area contributed by atoms with Gasteiger partial charge in [-0.3, -0.25) is 4.79 Å². The number of nitrogens with one attached hydrogen (secondary N) is 1. The average Bonchev–Trinajstić information content (AvgIpc) is 2.45. The predicted molar refractivity (Wildman–Crippen MR) is 84.2 cm³/mol. The standard InChI is InChI=1S/C17H26N2O2/c1-5-11(3)16(18)14-9-10(2)8-13-15(19-12(4)20)6-7-21-17(13)14/h8-9,11,15-16H,5-7,18H2,1-4H3,(H,19,20). The fourth-order valence-corrected chi connectivity index (χ4v) is 2.89. The smallest absolute Gasteiger partial charge is 0.217 e. The van der Waals surface area contributed by atoms with Crippen LogP contribution < -0.4 is 15.8 Å². The van der Waals surface area contributed by atoms with E-state index in [1.807, 2.05) is 0 Å². The fourth-order valence-electron chi connectivity index (χ4n) is 2.89. The minimum Gasteiger partial charge on any atom is -0.493 e. The Morgan fingerprint density at radius 2 is 2.24 bits per heavy atom. The molecule has 3 unspecified atom stereocenters. The first-order valence-corrected chi connectivity index (χ1v) is 7.74. The highest BCUT2D eigenvalue weighted by Crippen LogP contribution is 2.40. The van der Waals surface area contributed by atoms with Gasteiger partial charge in [0.1, 0.15) is 5.75 Å². The van der Waals surface area contributed by atoms with Crippen molar-refractivity contribution >= 4 is 5.91 Å². The number of rotatable bonds is 4. The summed E-state index contributed by atoms with van der Waals surface area (Å²) in [5.41, 5.74) is 9.70. The van der Waals surface area contributed by atoms with Crippen LogP contribution in [-0.2, 0) is 4.79 Å². The molecule has 4 heteroatoms. The van der Waals surface area contributed by atoms with Crippen molar-refractivity contribution in [1.29, 1.82) is 0 Å². The minimum absolute atomic E-state index is 0.0119. The van der Waals surface area contributed by atoms with E-state index in [2.05, 4.69) is 38.2 Å². The second-order valence-corrected chi connectivity index (χ2v) is 6.07. The molecule has 0 saturated heterocycles. The van der Waals surface area contributed by atoms with Crippen LogP contribution in [0.2, 0.25) is 0 Å². The number of fused-ring (bicyclic) bond motifs is 1. The molecule has 0 spiro atoms. The maximum Gasteiger partial charge on any atom is 0.217 e. The van der Waals surface area contributed by atoms with Crippen LogP contribution in [0.3, 0.4) is 0 Å². The summed E-state index contributed by atoms with van der Waals surface area (Å²) in [6.07, 6.45) is 1.83. The van der Waals surface area contributed by atoms with Crippen molar-refractivity contribution < 1.29 is 9.53 Å². The molecule has 2 rings (SSSR count).